The second-order valence-electron chi connectivity index (χ2n) is 3.49. The zero-order valence-electron chi connectivity index (χ0n) is 8.30. The number of nitrogens with one attached hydrogen (secondary N) is 2. The zero-order chi connectivity index (χ0) is 10.6. The molecule has 1 unspecified atom stereocenters. The molecule has 1 aromatic heterocycles. The first kappa shape index (κ1) is 11.2. The summed E-state index contributed by atoms with van der Waals surface area (Å²) >= 11 is 3.39. The molecule has 1 atom stereocenters. The van der Waals surface area contributed by atoms with Crippen LogP contribution in [-0.2, 0) is 0 Å². The number of amides is 1. The van der Waals surface area contributed by atoms with Crippen LogP contribution in [0.2, 0.25) is 0 Å². The summed E-state index contributed by atoms with van der Waals surface area (Å²) in [6, 6.07) is 0. The Morgan fingerprint density at radius 3 is 2.93 bits per heavy atom. The molecule has 2 N–H and O–H groups in total. The molecule has 1 amide bonds. The first-order chi connectivity index (χ1) is 6.61. The van der Waals surface area contributed by atoms with E-state index >= 15 is 0 Å². The SMILES string of the molecule is CCC(C)(CBr)NC(=O)c1cn[nH]c1. The highest BCUT2D eigenvalue weighted by atomic mass is 79.9. The fourth-order valence-electron chi connectivity index (χ4n) is 0.938. The van der Waals surface area contributed by atoms with Gasteiger partial charge in [0.2, 0.25) is 0 Å². The number of H-pyrrole nitrogens is 1. The summed E-state index contributed by atoms with van der Waals surface area (Å²) in [5.74, 6) is -0.0949. The van der Waals surface area contributed by atoms with Crippen molar-refractivity contribution >= 4 is 21.8 Å². The lowest BCUT2D eigenvalue weighted by atomic mass is 10.0. The van der Waals surface area contributed by atoms with Crippen molar-refractivity contribution in [1.29, 1.82) is 0 Å². The molecule has 0 spiro atoms. The van der Waals surface area contributed by atoms with Crippen LogP contribution in [0.1, 0.15) is 30.6 Å². The topological polar surface area (TPSA) is 57.8 Å². The molecule has 0 saturated heterocycles. The summed E-state index contributed by atoms with van der Waals surface area (Å²) in [6.45, 7) is 4.04. The lowest BCUT2D eigenvalue weighted by Crippen LogP contribution is -2.46. The summed E-state index contributed by atoms with van der Waals surface area (Å²) in [5, 5.41) is 10.0. The van der Waals surface area contributed by atoms with Crippen LogP contribution < -0.4 is 5.32 Å². The highest BCUT2D eigenvalue weighted by Crippen LogP contribution is 2.13. The molecule has 0 saturated carbocycles. The summed E-state index contributed by atoms with van der Waals surface area (Å²) in [7, 11) is 0. The number of carbonyl (C=O) groups excluding carboxylic acids is 1. The third kappa shape index (κ3) is 2.57. The molecule has 4 nitrogen and oxygen atoms in total. The smallest absolute Gasteiger partial charge is 0.254 e. The molecular weight excluding hydrogens is 246 g/mol. The van der Waals surface area contributed by atoms with Crippen LogP contribution in [0.3, 0.4) is 0 Å². The third-order valence-corrected chi connectivity index (χ3v) is 3.49. The minimum absolute atomic E-state index is 0.0949. The molecule has 0 aliphatic carbocycles. The van der Waals surface area contributed by atoms with E-state index in [9.17, 15) is 4.79 Å². The Balaban J connectivity index is 2.65. The highest BCUT2D eigenvalue weighted by molar-refractivity contribution is 9.09. The number of aromatic amines is 1. The molecule has 78 valence electrons. The van der Waals surface area contributed by atoms with E-state index in [4.69, 9.17) is 0 Å². The summed E-state index contributed by atoms with van der Waals surface area (Å²) in [6.07, 6.45) is 3.97. The van der Waals surface area contributed by atoms with E-state index in [0.717, 1.165) is 11.8 Å². The van der Waals surface area contributed by atoms with Crippen LogP contribution in [0.5, 0.6) is 0 Å². The van der Waals surface area contributed by atoms with Crippen molar-refractivity contribution in [3.63, 3.8) is 0 Å². The van der Waals surface area contributed by atoms with Gasteiger partial charge in [0, 0.05) is 17.1 Å². The molecular formula is C9H14BrN3O. The number of carbonyl (C=O) groups is 1. The van der Waals surface area contributed by atoms with Crippen molar-refractivity contribution in [2.75, 3.05) is 5.33 Å². The van der Waals surface area contributed by atoms with Crippen molar-refractivity contribution in [3.05, 3.63) is 18.0 Å². The van der Waals surface area contributed by atoms with Crippen molar-refractivity contribution < 1.29 is 4.79 Å². The normalized spacial score (nSPS) is 14.8. The van der Waals surface area contributed by atoms with E-state index in [2.05, 4.69) is 31.4 Å². The lowest BCUT2D eigenvalue weighted by molar-refractivity contribution is 0.0913. The second kappa shape index (κ2) is 4.59. The predicted octanol–water partition coefficient (Wildman–Crippen LogP) is 1.70. The number of nitrogens with zero attached hydrogens (tertiary/aromatic N) is 1. The lowest BCUT2D eigenvalue weighted by Gasteiger charge is -2.26. The quantitative estimate of drug-likeness (QED) is 0.809. The Hall–Kier alpha value is -0.840. The van der Waals surface area contributed by atoms with Crippen LogP contribution in [0.4, 0.5) is 0 Å². The monoisotopic (exact) mass is 259 g/mol. The van der Waals surface area contributed by atoms with E-state index in [1.165, 1.54) is 6.20 Å². The number of alkyl halides is 1. The van der Waals surface area contributed by atoms with Crippen molar-refractivity contribution in [3.8, 4) is 0 Å². The summed E-state index contributed by atoms with van der Waals surface area (Å²) < 4.78 is 0. The zero-order valence-corrected chi connectivity index (χ0v) is 9.89. The minimum atomic E-state index is -0.200. The maximum atomic E-state index is 11.6. The van der Waals surface area contributed by atoms with Gasteiger partial charge < -0.3 is 5.32 Å². The number of halogens is 1. The van der Waals surface area contributed by atoms with E-state index in [1.54, 1.807) is 6.20 Å². The number of rotatable bonds is 4. The second-order valence-corrected chi connectivity index (χ2v) is 4.05. The molecule has 0 aromatic carbocycles. The molecule has 1 aromatic rings. The molecule has 5 heteroatoms. The predicted molar refractivity (Wildman–Crippen MR) is 58.5 cm³/mol. The number of hydrogen-bond donors (Lipinski definition) is 2. The number of hydrogen-bond acceptors (Lipinski definition) is 2. The van der Waals surface area contributed by atoms with Gasteiger partial charge in [-0.25, -0.2) is 0 Å². The van der Waals surface area contributed by atoms with Gasteiger partial charge in [-0.15, -0.1) is 0 Å². The minimum Gasteiger partial charge on any atom is -0.346 e. The first-order valence-corrected chi connectivity index (χ1v) is 5.60. The largest absolute Gasteiger partial charge is 0.346 e. The Bertz CT molecular complexity index is 293. The molecule has 0 radical (unpaired) electrons. The number of aromatic nitrogens is 2. The van der Waals surface area contributed by atoms with Crippen molar-refractivity contribution in [2.45, 2.75) is 25.8 Å². The Kier molecular flexibility index (Phi) is 3.69. The maximum Gasteiger partial charge on any atom is 0.254 e. The van der Waals surface area contributed by atoms with Gasteiger partial charge in [0.25, 0.3) is 5.91 Å². The Morgan fingerprint density at radius 1 is 1.79 bits per heavy atom. The van der Waals surface area contributed by atoms with E-state index in [1.807, 2.05) is 13.8 Å². The molecule has 0 bridgehead atoms. The van der Waals surface area contributed by atoms with Gasteiger partial charge in [0.15, 0.2) is 0 Å². The molecule has 0 aliphatic rings. The molecule has 14 heavy (non-hydrogen) atoms. The van der Waals surface area contributed by atoms with Gasteiger partial charge in [0.1, 0.15) is 0 Å². The Labute approximate surface area is 91.6 Å². The average Bonchev–Trinajstić information content (AvgIpc) is 2.70. The van der Waals surface area contributed by atoms with E-state index in [0.29, 0.717) is 5.56 Å². The summed E-state index contributed by atoms with van der Waals surface area (Å²) in [5.41, 5.74) is 0.361. The average molecular weight is 260 g/mol. The van der Waals surface area contributed by atoms with Gasteiger partial charge in [-0.05, 0) is 13.3 Å². The molecule has 0 fully saturated rings. The van der Waals surface area contributed by atoms with Gasteiger partial charge >= 0.3 is 0 Å². The Morgan fingerprint density at radius 2 is 2.50 bits per heavy atom. The first-order valence-electron chi connectivity index (χ1n) is 4.48. The highest BCUT2D eigenvalue weighted by Gasteiger charge is 2.23. The third-order valence-electron chi connectivity index (χ3n) is 2.25. The van der Waals surface area contributed by atoms with Crippen molar-refractivity contribution in [2.24, 2.45) is 0 Å². The van der Waals surface area contributed by atoms with Crippen LogP contribution in [0.15, 0.2) is 12.4 Å². The van der Waals surface area contributed by atoms with Crippen LogP contribution in [0, 0.1) is 0 Å². The van der Waals surface area contributed by atoms with Crippen molar-refractivity contribution in [1.82, 2.24) is 15.5 Å². The maximum absolute atomic E-state index is 11.6. The van der Waals surface area contributed by atoms with Gasteiger partial charge in [-0.1, -0.05) is 22.9 Å². The van der Waals surface area contributed by atoms with Crippen LogP contribution >= 0.6 is 15.9 Å². The summed E-state index contributed by atoms with van der Waals surface area (Å²) in [4.78, 5) is 11.6. The molecule has 1 rings (SSSR count). The molecule has 1 heterocycles. The van der Waals surface area contributed by atoms with Gasteiger partial charge in [-0.2, -0.15) is 5.10 Å². The molecule has 0 aliphatic heterocycles. The van der Waals surface area contributed by atoms with E-state index in [-0.39, 0.29) is 11.4 Å². The van der Waals surface area contributed by atoms with E-state index < -0.39 is 0 Å². The standard InChI is InChI=1S/C9H14BrN3O/c1-3-9(2,6-10)13-8(14)7-4-11-12-5-7/h4-5H,3,6H2,1-2H3,(H,11,12)(H,13,14). The van der Waals surface area contributed by atoms with Crippen LogP contribution in [0.25, 0.3) is 0 Å². The van der Waals surface area contributed by atoms with Gasteiger partial charge in [0.05, 0.1) is 11.8 Å². The fraction of sp³-hybridized carbons (Fsp3) is 0.556. The van der Waals surface area contributed by atoms with Gasteiger partial charge in [-0.3, -0.25) is 9.89 Å². The van der Waals surface area contributed by atoms with Crippen LogP contribution in [-0.4, -0.2) is 27.0 Å². The fourth-order valence-corrected chi connectivity index (χ4v) is 1.47.